The van der Waals surface area contributed by atoms with Crippen molar-refractivity contribution < 1.29 is 12.9 Å². The molecule has 0 aliphatic carbocycles. The Kier molecular flexibility index (Phi) is 1.92. The minimum atomic E-state index is -5.02. The highest BCUT2D eigenvalue weighted by molar-refractivity contribution is 6.73. The Hall–Kier alpha value is -1.66. The maximum atomic E-state index is 12.4. The molecule has 80 valence electrons. The third-order valence-corrected chi connectivity index (χ3v) is 2.31. The van der Waals surface area contributed by atoms with Crippen LogP contribution in [0.15, 0.2) is 23.0 Å². The number of aryl methyl sites for hydroxylation is 1. The van der Waals surface area contributed by atoms with Crippen molar-refractivity contribution in [1.29, 1.82) is 0 Å². The lowest BCUT2D eigenvalue weighted by atomic mass is 9.80. The van der Waals surface area contributed by atoms with Crippen LogP contribution in [0.4, 0.5) is 12.9 Å². The molecular formula is C8H7BF3N2O-. The van der Waals surface area contributed by atoms with Crippen molar-refractivity contribution in [3.05, 3.63) is 28.7 Å². The van der Waals surface area contributed by atoms with E-state index in [2.05, 4.69) is 4.98 Å². The van der Waals surface area contributed by atoms with Gasteiger partial charge in [-0.1, -0.05) is 12.1 Å². The van der Waals surface area contributed by atoms with Gasteiger partial charge in [-0.15, -0.1) is 5.46 Å². The first-order chi connectivity index (χ1) is 6.89. The maximum absolute atomic E-state index is 12.4. The van der Waals surface area contributed by atoms with E-state index in [0.29, 0.717) is 5.52 Å². The smallest absolute Gasteiger partial charge is 0.445 e. The lowest BCUT2D eigenvalue weighted by molar-refractivity contribution is 0.501. The lowest BCUT2D eigenvalue weighted by Crippen LogP contribution is -2.33. The summed E-state index contributed by atoms with van der Waals surface area (Å²) >= 11 is 0. The van der Waals surface area contributed by atoms with Gasteiger partial charge in [0.05, 0.1) is 11.0 Å². The van der Waals surface area contributed by atoms with Crippen LogP contribution in [0.5, 0.6) is 0 Å². The highest BCUT2D eigenvalue weighted by atomic mass is 19.4. The molecule has 0 fully saturated rings. The number of hydrogen-bond acceptors (Lipinski definition) is 1. The van der Waals surface area contributed by atoms with E-state index in [1.54, 1.807) is 0 Å². The molecule has 0 spiro atoms. The number of aromatic nitrogens is 2. The molecule has 3 nitrogen and oxygen atoms in total. The van der Waals surface area contributed by atoms with Gasteiger partial charge in [0.15, 0.2) is 0 Å². The zero-order valence-electron chi connectivity index (χ0n) is 7.80. The summed E-state index contributed by atoms with van der Waals surface area (Å²) in [6.07, 6.45) is 0. The second kappa shape index (κ2) is 2.92. The van der Waals surface area contributed by atoms with Gasteiger partial charge in [0, 0.05) is 7.05 Å². The Labute approximate surface area is 82.6 Å². The third-order valence-electron chi connectivity index (χ3n) is 2.31. The number of fused-ring (bicyclic) bond motifs is 1. The summed E-state index contributed by atoms with van der Waals surface area (Å²) < 4.78 is 38.4. The van der Waals surface area contributed by atoms with E-state index in [0.717, 1.165) is 12.1 Å². The van der Waals surface area contributed by atoms with Crippen LogP contribution in [0, 0.1) is 0 Å². The molecule has 1 aromatic heterocycles. The number of aromatic amines is 1. The van der Waals surface area contributed by atoms with Crippen LogP contribution in [0.2, 0.25) is 0 Å². The first-order valence-electron chi connectivity index (χ1n) is 4.28. The molecule has 7 heteroatoms. The number of nitrogens with zero attached hydrogens (tertiary/aromatic N) is 1. The van der Waals surface area contributed by atoms with Crippen molar-refractivity contribution in [2.45, 2.75) is 0 Å². The number of imidazole rings is 1. The van der Waals surface area contributed by atoms with Crippen molar-refractivity contribution in [1.82, 2.24) is 9.55 Å². The van der Waals surface area contributed by atoms with E-state index in [-0.39, 0.29) is 5.52 Å². The van der Waals surface area contributed by atoms with Gasteiger partial charge < -0.3 is 17.9 Å². The summed E-state index contributed by atoms with van der Waals surface area (Å²) in [7, 11) is 1.50. The summed E-state index contributed by atoms with van der Waals surface area (Å²) in [4.78, 5) is 13.5. The fourth-order valence-corrected chi connectivity index (χ4v) is 1.46. The second-order valence-electron chi connectivity index (χ2n) is 3.34. The maximum Gasteiger partial charge on any atom is 0.509 e. The number of hydrogen-bond donors (Lipinski definition) is 1. The summed E-state index contributed by atoms with van der Waals surface area (Å²) in [5, 5.41) is 0. The fourth-order valence-electron chi connectivity index (χ4n) is 1.46. The zero-order valence-corrected chi connectivity index (χ0v) is 7.80. The van der Waals surface area contributed by atoms with E-state index >= 15 is 0 Å². The van der Waals surface area contributed by atoms with Gasteiger partial charge in [0.2, 0.25) is 0 Å². The molecule has 1 heterocycles. The number of nitrogens with one attached hydrogen (secondary N) is 1. The molecule has 0 radical (unpaired) electrons. The summed E-state index contributed by atoms with van der Waals surface area (Å²) in [5.74, 6) is 0. The van der Waals surface area contributed by atoms with Gasteiger partial charge in [-0.05, 0) is 6.07 Å². The summed E-state index contributed by atoms with van der Waals surface area (Å²) in [6, 6.07) is 3.23. The Balaban J connectivity index is 2.73. The lowest BCUT2D eigenvalue weighted by Gasteiger charge is -2.14. The van der Waals surface area contributed by atoms with Gasteiger partial charge >= 0.3 is 12.7 Å². The topological polar surface area (TPSA) is 37.8 Å². The quantitative estimate of drug-likeness (QED) is 0.705. The molecule has 2 aromatic rings. The third kappa shape index (κ3) is 1.53. The van der Waals surface area contributed by atoms with Gasteiger partial charge in [-0.25, -0.2) is 4.79 Å². The minimum Gasteiger partial charge on any atom is -0.445 e. The number of rotatable bonds is 1. The van der Waals surface area contributed by atoms with Crippen molar-refractivity contribution in [2.75, 3.05) is 0 Å². The highest BCUT2D eigenvalue weighted by Crippen LogP contribution is 2.13. The molecule has 2 rings (SSSR count). The van der Waals surface area contributed by atoms with E-state index in [9.17, 15) is 17.7 Å². The van der Waals surface area contributed by atoms with E-state index in [1.807, 2.05) is 0 Å². The molecule has 0 aliphatic heterocycles. The standard InChI is InChI=1S/C8H7BF3N2O/c1-14-7-3-2-5(9(10,11)12)4-6(7)13-8(14)15/h2-4H,1H3,(H,13,15)/q-1. The number of benzene rings is 1. The SMILES string of the molecule is Cn1c(=O)[nH]c2cc([B-](F)(F)F)ccc21. The van der Waals surface area contributed by atoms with E-state index in [4.69, 9.17) is 0 Å². The second-order valence-corrected chi connectivity index (χ2v) is 3.34. The molecule has 0 aliphatic rings. The normalized spacial score (nSPS) is 12.3. The fraction of sp³-hybridized carbons (Fsp3) is 0.125. The van der Waals surface area contributed by atoms with Crippen LogP contribution < -0.4 is 11.2 Å². The molecule has 0 bridgehead atoms. The number of halogens is 3. The summed E-state index contributed by atoms with van der Waals surface area (Å²) in [5.41, 5.74) is -0.454. The molecule has 15 heavy (non-hydrogen) atoms. The average molecular weight is 215 g/mol. The van der Waals surface area contributed by atoms with Crippen molar-refractivity contribution in [3.63, 3.8) is 0 Å². The van der Waals surface area contributed by atoms with Crippen LogP contribution in [0.1, 0.15) is 0 Å². The van der Waals surface area contributed by atoms with Crippen LogP contribution in [-0.2, 0) is 7.05 Å². The minimum absolute atomic E-state index is 0.208. The van der Waals surface area contributed by atoms with Gasteiger partial charge in [0.25, 0.3) is 0 Å². The van der Waals surface area contributed by atoms with E-state index < -0.39 is 18.1 Å². The molecule has 1 aromatic carbocycles. The highest BCUT2D eigenvalue weighted by Gasteiger charge is 2.25. The van der Waals surface area contributed by atoms with E-state index in [1.165, 1.54) is 17.7 Å². The molecule has 0 saturated heterocycles. The zero-order chi connectivity index (χ0) is 11.2. The van der Waals surface area contributed by atoms with Gasteiger partial charge in [-0.3, -0.25) is 4.57 Å². The van der Waals surface area contributed by atoms with Gasteiger partial charge in [-0.2, -0.15) is 0 Å². The monoisotopic (exact) mass is 215 g/mol. The van der Waals surface area contributed by atoms with Crippen molar-refractivity contribution in [2.24, 2.45) is 7.05 Å². The first-order valence-corrected chi connectivity index (χ1v) is 4.28. The molecule has 0 amide bonds. The Morgan fingerprint density at radius 2 is 2.00 bits per heavy atom. The van der Waals surface area contributed by atoms with Crippen molar-refractivity contribution >= 4 is 23.5 Å². The van der Waals surface area contributed by atoms with Gasteiger partial charge in [0.1, 0.15) is 0 Å². The average Bonchev–Trinajstić information content (AvgIpc) is 2.41. The predicted octanol–water partition coefficient (Wildman–Crippen LogP) is 0.921. The van der Waals surface area contributed by atoms with Crippen molar-refractivity contribution in [3.8, 4) is 0 Å². The Morgan fingerprint density at radius 1 is 1.33 bits per heavy atom. The van der Waals surface area contributed by atoms with Crippen LogP contribution in [-0.4, -0.2) is 16.5 Å². The summed E-state index contributed by atoms with van der Waals surface area (Å²) in [6.45, 7) is -5.02. The Bertz CT molecular complexity index is 569. The van der Waals surface area contributed by atoms with Crippen LogP contribution >= 0.6 is 0 Å². The number of H-pyrrole nitrogens is 1. The van der Waals surface area contributed by atoms with Crippen LogP contribution in [0.3, 0.4) is 0 Å². The van der Waals surface area contributed by atoms with Crippen LogP contribution in [0.25, 0.3) is 11.0 Å². The molecular weight excluding hydrogens is 208 g/mol. The molecule has 0 saturated carbocycles. The first kappa shape index (κ1) is 9.88. The molecule has 0 unspecified atom stereocenters. The largest absolute Gasteiger partial charge is 0.509 e. The molecule has 1 N–H and O–H groups in total. The molecule has 0 atom stereocenters. The predicted molar refractivity (Wildman–Crippen MR) is 52.3 cm³/mol. The Morgan fingerprint density at radius 3 is 2.60 bits per heavy atom.